The van der Waals surface area contributed by atoms with Gasteiger partial charge in [0, 0.05) is 6.04 Å². The summed E-state index contributed by atoms with van der Waals surface area (Å²) in [6.45, 7) is 5.22. The Morgan fingerprint density at radius 1 is 1.35 bits per heavy atom. The fraction of sp³-hybridized carbons (Fsp3) is 0.375. The molecule has 0 aliphatic carbocycles. The van der Waals surface area contributed by atoms with E-state index in [1.807, 2.05) is 6.07 Å². The summed E-state index contributed by atoms with van der Waals surface area (Å²) < 4.78 is 13.6. The Bertz CT molecular complexity index is 567. The number of aryl methyl sites for hydroxylation is 1. The molecule has 1 unspecified atom stereocenters. The summed E-state index contributed by atoms with van der Waals surface area (Å²) in [5, 5.41) is 8.05. The van der Waals surface area contributed by atoms with Crippen LogP contribution in [0.1, 0.15) is 36.1 Å². The highest BCUT2D eigenvalue weighted by molar-refractivity contribution is 7.08. The number of hydrogen-bond acceptors (Lipinski definition) is 2. The predicted octanol–water partition coefficient (Wildman–Crippen LogP) is 5.13. The highest BCUT2D eigenvalue weighted by Gasteiger charge is 2.15. The van der Waals surface area contributed by atoms with Crippen molar-refractivity contribution in [2.75, 3.05) is 6.54 Å². The van der Waals surface area contributed by atoms with Crippen molar-refractivity contribution in [2.24, 2.45) is 0 Å². The van der Waals surface area contributed by atoms with Gasteiger partial charge in [0.05, 0.1) is 5.02 Å². The lowest BCUT2D eigenvalue weighted by Crippen LogP contribution is -2.24. The topological polar surface area (TPSA) is 12.0 Å². The smallest absolute Gasteiger partial charge is 0.142 e. The average molecular weight is 312 g/mol. The van der Waals surface area contributed by atoms with Crippen molar-refractivity contribution in [3.8, 4) is 0 Å². The molecule has 1 aromatic heterocycles. The van der Waals surface area contributed by atoms with Crippen molar-refractivity contribution >= 4 is 22.9 Å². The van der Waals surface area contributed by atoms with Crippen molar-refractivity contribution in [2.45, 2.75) is 32.7 Å². The Morgan fingerprint density at radius 2 is 2.15 bits per heavy atom. The molecule has 2 aromatic rings. The minimum atomic E-state index is -0.347. The van der Waals surface area contributed by atoms with E-state index in [-0.39, 0.29) is 16.9 Å². The Balaban J connectivity index is 2.19. The quantitative estimate of drug-likeness (QED) is 0.779. The lowest BCUT2D eigenvalue weighted by molar-refractivity contribution is 0.526. The molecule has 0 bridgehead atoms. The van der Waals surface area contributed by atoms with Crippen molar-refractivity contribution < 1.29 is 4.39 Å². The Labute approximate surface area is 128 Å². The van der Waals surface area contributed by atoms with Crippen molar-refractivity contribution in [1.29, 1.82) is 0 Å². The number of hydrogen-bond donors (Lipinski definition) is 1. The zero-order valence-electron chi connectivity index (χ0n) is 11.7. The van der Waals surface area contributed by atoms with Gasteiger partial charge in [-0.05, 0) is 65.9 Å². The Hall–Kier alpha value is -0.900. The minimum absolute atomic E-state index is 0.179. The van der Waals surface area contributed by atoms with E-state index in [0.717, 1.165) is 24.9 Å². The van der Waals surface area contributed by atoms with Crippen molar-refractivity contribution in [3.63, 3.8) is 0 Å². The van der Waals surface area contributed by atoms with Crippen LogP contribution in [0.3, 0.4) is 0 Å². The molecule has 1 heterocycles. The zero-order valence-corrected chi connectivity index (χ0v) is 13.3. The maximum atomic E-state index is 13.6. The van der Waals surface area contributed by atoms with Gasteiger partial charge in [-0.25, -0.2) is 4.39 Å². The fourth-order valence-corrected chi connectivity index (χ4v) is 3.26. The molecule has 108 valence electrons. The van der Waals surface area contributed by atoms with Crippen LogP contribution in [-0.2, 0) is 6.42 Å². The van der Waals surface area contributed by atoms with Crippen molar-refractivity contribution in [3.05, 3.63) is 56.5 Å². The lowest BCUT2D eigenvalue weighted by Gasteiger charge is -2.19. The largest absolute Gasteiger partial charge is 0.310 e. The van der Waals surface area contributed by atoms with Gasteiger partial charge in [-0.15, -0.1) is 0 Å². The summed E-state index contributed by atoms with van der Waals surface area (Å²) in [4.78, 5) is 0. The van der Waals surface area contributed by atoms with Gasteiger partial charge in [0.15, 0.2) is 0 Å². The van der Waals surface area contributed by atoms with Gasteiger partial charge in [-0.3, -0.25) is 0 Å². The first kappa shape index (κ1) is 15.5. The van der Waals surface area contributed by atoms with Crippen LogP contribution in [0.4, 0.5) is 4.39 Å². The highest BCUT2D eigenvalue weighted by atomic mass is 35.5. The number of halogens is 2. The molecule has 0 aliphatic heterocycles. The van der Waals surface area contributed by atoms with E-state index >= 15 is 0 Å². The molecule has 0 fully saturated rings. The minimum Gasteiger partial charge on any atom is -0.310 e. The van der Waals surface area contributed by atoms with Crippen LogP contribution in [0.5, 0.6) is 0 Å². The molecule has 2 rings (SSSR count). The fourth-order valence-electron chi connectivity index (χ4n) is 2.24. The molecule has 0 aliphatic rings. The molecule has 1 aromatic carbocycles. The molecule has 1 N–H and O–H groups in total. The van der Waals surface area contributed by atoms with Crippen LogP contribution in [-0.4, -0.2) is 6.54 Å². The molecule has 0 radical (unpaired) electrons. The predicted molar refractivity (Wildman–Crippen MR) is 85.2 cm³/mol. The summed E-state index contributed by atoms with van der Waals surface area (Å²) in [5.41, 5.74) is 3.56. The van der Waals surface area contributed by atoms with E-state index in [1.165, 1.54) is 17.2 Å². The van der Waals surface area contributed by atoms with Gasteiger partial charge < -0.3 is 5.32 Å². The molecule has 20 heavy (non-hydrogen) atoms. The number of thiophene rings is 1. The first-order valence-electron chi connectivity index (χ1n) is 6.81. The van der Waals surface area contributed by atoms with Gasteiger partial charge in [-0.1, -0.05) is 24.6 Å². The summed E-state index contributed by atoms with van der Waals surface area (Å²) >= 11 is 7.45. The Morgan fingerprint density at radius 3 is 2.75 bits per heavy atom. The number of nitrogens with one attached hydrogen (secondary N) is 1. The molecule has 0 saturated heterocycles. The molecular weight excluding hydrogens is 293 g/mol. The molecule has 1 nitrogen and oxygen atoms in total. The molecular formula is C16H19ClFNS. The van der Waals surface area contributed by atoms with Crippen LogP contribution in [0.25, 0.3) is 0 Å². The second kappa shape index (κ2) is 7.21. The van der Waals surface area contributed by atoms with Crippen molar-refractivity contribution in [1.82, 2.24) is 5.32 Å². The van der Waals surface area contributed by atoms with Crippen LogP contribution < -0.4 is 5.32 Å². The van der Waals surface area contributed by atoms with Crippen LogP contribution in [0, 0.1) is 12.7 Å². The maximum absolute atomic E-state index is 13.6. The normalized spacial score (nSPS) is 12.6. The average Bonchev–Trinajstić information content (AvgIpc) is 2.85. The van der Waals surface area contributed by atoms with Crippen LogP contribution >= 0.6 is 22.9 Å². The number of rotatable bonds is 6. The monoisotopic (exact) mass is 311 g/mol. The van der Waals surface area contributed by atoms with Gasteiger partial charge >= 0.3 is 0 Å². The third-order valence-electron chi connectivity index (χ3n) is 3.34. The van der Waals surface area contributed by atoms with E-state index in [2.05, 4.69) is 29.9 Å². The number of benzene rings is 1. The Kier molecular flexibility index (Phi) is 5.58. The lowest BCUT2D eigenvalue weighted by atomic mass is 9.98. The van der Waals surface area contributed by atoms with Gasteiger partial charge in [-0.2, -0.15) is 11.3 Å². The third kappa shape index (κ3) is 3.81. The van der Waals surface area contributed by atoms with Crippen LogP contribution in [0.15, 0.2) is 29.0 Å². The summed E-state index contributed by atoms with van der Waals surface area (Å²) in [7, 11) is 0. The summed E-state index contributed by atoms with van der Waals surface area (Å²) in [6, 6.07) is 5.28. The first-order valence-corrected chi connectivity index (χ1v) is 8.14. The molecule has 4 heteroatoms. The molecule has 0 saturated carbocycles. The maximum Gasteiger partial charge on any atom is 0.142 e. The summed E-state index contributed by atoms with van der Waals surface area (Å²) in [5.74, 6) is -0.347. The SMILES string of the molecule is CCCNC(Cc1ccc(Cl)c(F)c1)c1cscc1C. The van der Waals surface area contributed by atoms with E-state index < -0.39 is 0 Å². The molecule has 1 atom stereocenters. The van der Waals surface area contributed by atoms with Gasteiger partial charge in [0.1, 0.15) is 5.82 Å². The standard InChI is InChI=1S/C16H19ClFNS/c1-3-6-19-16(13-10-20-9-11(13)2)8-12-4-5-14(17)15(18)7-12/h4-5,7,9-10,16,19H,3,6,8H2,1-2H3. The van der Waals surface area contributed by atoms with E-state index in [9.17, 15) is 4.39 Å². The van der Waals surface area contributed by atoms with E-state index in [4.69, 9.17) is 11.6 Å². The first-order chi connectivity index (χ1) is 9.61. The van der Waals surface area contributed by atoms with E-state index in [0.29, 0.717) is 0 Å². The molecule has 0 amide bonds. The molecule has 0 spiro atoms. The zero-order chi connectivity index (χ0) is 14.5. The second-order valence-corrected chi connectivity index (χ2v) is 6.12. The highest BCUT2D eigenvalue weighted by Crippen LogP contribution is 2.26. The van der Waals surface area contributed by atoms with Crippen LogP contribution in [0.2, 0.25) is 5.02 Å². The third-order valence-corrected chi connectivity index (χ3v) is 4.52. The summed E-state index contributed by atoms with van der Waals surface area (Å²) in [6.07, 6.45) is 1.85. The second-order valence-electron chi connectivity index (χ2n) is 4.97. The van der Waals surface area contributed by atoms with E-state index in [1.54, 1.807) is 17.4 Å². The van der Waals surface area contributed by atoms with Gasteiger partial charge in [0.2, 0.25) is 0 Å². The van der Waals surface area contributed by atoms with Gasteiger partial charge in [0.25, 0.3) is 0 Å².